The van der Waals surface area contributed by atoms with Gasteiger partial charge >= 0.3 is 6.18 Å². The second-order valence-corrected chi connectivity index (χ2v) is 9.08. The lowest BCUT2D eigenvalue weighted by molar-refractivity contribution is -0.138. The van der Waals surface area contributed by atoms with Gasteiger partial charge in [0.15, 0.2) is 9.84 Å². The maximum absolute atomic E-state index is 13.9. The van der Waals surface area contributed by atoms with Gasteiger partial charge in [0.1, 0.15) is 0 Å². The molecule has 30 heavy (non-hydrogen) atoms. The topological polar surface area (TPSA) is 48.3 Å². The number of hydrogen-bond acceptors (Lipinski definition) is 3. The van der Waals surface area contributed by atoms with Crippen molar-refractivity contribution in [1.29, 1.82) is 0 Å². The number of halogens is 3. The molecule has 1 heterocycles. The molecular formula is C22H22F3NO3S. The molecule has 0 aliphatic heterocycles. The molecule has 3 rings (SSSR count). The Morgan fingerprint density at radius 3 is 2.30 bits per heavy atom. The molecule has 0 fully saturated rings. The first-order valence-corrected chi connectivity index (χ1v) is 11.1. The fraction of sp³-hybridized carbons (Fsp3) is 0.273. The molecule has 0 radical (unpaired) electrons. The fourth-order valence-electron chi connectivity index (χ4n) is 3.48. The Hall–Kier alpha value is -2.58. The van der Waals surface area contributed by atoms with E-state index < -0.39 is 21.6 Å². The van der Waals surface area contributed by atoms with Crippen LogP contribution in [0.25, 0.3) is 16.8 Å². The normalized spacial score (nSPS) is 12.3. The second kappa shape index (κ2) is 8.28. The molecule has 0 bridgehead atoms. The van der Waals surface area contributed by atoms with Gasteiger partial charge in [-0.25, -0.2) is 8.42 Å². The number of sulfone groups is 1. The second-order valence-electron chi connectivity index (χ2n) is 7.07. The van der Waals surface area contributed by atoms with Crippen LogP contribution < -0.4 is 0 Å². The molecule has 4 nitrogen and oxygen atoms in total. The molecule has 0 saturated heterocycles. The summed E-state index contributed by atoms with van der Waals surface area (Å²) in [5.41, 5.74) is 1.32. The molecule has 0 aliphatic carbocycles. The Kier molecular flexibility index (Phi) is 6.10. The van der Waals surface area contributed by atoms with Gasteiger partial charge in [0, 0.05) is 31.3 Å². The number of aromatic nitrogens is 1. The highest BCUT2D eigenvalue weighted by Gasteiger charge is 2.35. The van der Waals surface area contributed by atoms with Gasteiger partial charge < -0.3 is 9.30 Å². The smallest absolute Gasteiger partial charge is 0.384 e. The van der Waals surface area contributed by atoms with Gasteiger partial charge in [-0.05, 0) is 66.4 Å². The molecule has 0 atom stereocenters. The van der Waals surface area contributed by atoms with E-state index in [0.29, 0.717) is 22.4 Å². The number of methoxy groups -OCH3 is 1. The lowest BCUT2D eigenvalue weighted by atomic mass is 9.89. The maximum atomic E-state index is 13.9. The first kappa shape index (κ1) is 22.1. The summed E-state index contributed by atoms with van der Waals surface area (Å²) < 4.78 is 72.6. The van der Waals surface area contributed by atoms with Crippen molar-refractivity contribution in [2.24, 2.45) is 0 Å². The standard InChI is InChI=1S/C22H22F3NO3S/c1-15-6-7-16(30(3,27)28)14-18(15)21-17(10-13-29-2)19(22(23,24)25)8-9-20(21)26-11-4-5-12-26/h4-9,11-12,14H,10,13H2,1-3H3. The number of alkyl halides is 3. The predicted molar refractivity (Wildman–Crippen MR) is 110 cm³/mol. The maximum Gasteiger partial charge on any atom is 0.416 e. The van der Waals surface area contributed by atoms with Crippen LogP contribution in [0.5, 0.6) is 0 Å². The minimum absolute atomic E-state index is 0.0261. The molecule has 0 spiro atoms. The summed E-state index contributed by atoms with van der Waals surface area (Å²) in [5.74, 6) is 0. The van der Waals surface area contributed by atoms with Crippen LogP contribution in [0.4, 0.5) is 13.2 Å². The average molecular weight is 437 g/mol. The summed E-state index contributed by atoms with van der Waals surface area (Å²) >= 11 is 0. The van der Waals surface area contributed by atoms with E-state index in [2.05, 4.69) is 0 Å². The third-order valence-corrected chi connectivity index (χ3v) is 6.05. The molecule has 0 N–H and O–H groups in total. The van der Waals surface area contributed by atoms with Gasteiger partial charge in [-0.1, -0.05) is 6.07 Å². The van der Waals surface area contributed by atoms with Crippen molar-refractivity contribution < 1.29 is 26.3 Å². The van der Waals surface area contributed by atoms with Crippen LogP contribution in [-0.2, 0) is 27.2 Å². The van der Waals surface area contributed by atoms with Crippen molar-refractivity contribution >= 4 is 9.84 Å². The molecule has 0 unspecified atom stereocenters. The van der Waals surface area contributed by atoms with E-state index >= 15 is 0 Å². The van der Waals surface area contributed by atoms with E-state index in [4.69, 9.17) is 4.74 Å². The Labute approximate surface area is 173 Å². The third-order valence-electron chi connectivity index (χ3n) is 4.94. The van der Waals surface area contributed by atoms with Crippen LogP contribution in [0.2, 0.25) is 0 Å². The summed E-state index contributed by atoms with van der Waals surface area (Å²) in [6.07, 6.45) is 0.0177. The van der Waals surface area contributed by atoms with Crippen molar-refractivity contribution in [3.63, 3.8) is 0 Å². The summed E-state index contributed by atoms with van der Waals surface area (Å²) in [5, 5.41) is 0. The Morgan fingerprint density at radius 2 is 1.73 bits per heavy atom. The zero-order valence-corrected chi connectivity index (χ0v) is 17.6. The minimum Gasteiger partial charge on any atom is -0.384 e. The zero-order valence-electron chi connectivity index (χ0n) is 16.8. The van der Waals surface area contributed by atoms with Crippen LogP contribution in [0.15, 0.2) is 59.8 Å². The first-order chi connectivity index (χ1) is 14.0. The summed E-state index contributed by atoms with van der Waals surface area (Å²) in [6.45, 7) is 1.84. The lowest BCUT2D eigenvalue weighted by Crippen LogP contribution is -2.14. The predicted octanol–water partition coefficient (Wildman–Crippen LogP) is 5.06. The van der Waals surface area contributed by atoms with Crippen LogP contribution in [0.3, 0.4) is 0 Å². The van der Waals surface area contributed by atoms with E-state index in [0.717, 1.165) is 12.3 Å². The van der Waals surface area contributed by atoms with Crippen LogP contribution in [-0.4, -0.2) is 33.0 Å². The number of hydrogen-bond donors (Lipinski definition) is 0. The van der Waals surface area contributed by atoms with E-state index in [1.54, 1.807) is 42.1 Å². The SMILES string of the molecule is COCCc1c(C(F)(F)F)ccc(-n2cccc2)c1-c1cc(S(C)(=O)=O)ccc1C. The molecule has 3 aromatic rings. The Bertz CT molecular complexity index is 1150. The number of rotatable bonds is 6. The molecule has 0 amide bonds. The monoisotopic (exact) mass is 437 g/mol. The molecule has 0 saturated carbocycles. The zero-order chi connectivity index (χ0) is 22.1. The van der Waals surface area contributed by atoms with Crippen molar-refractivity contribution in [3.05, 3.63) is 71.5 Å². The van der Waals surface area contributed by atoms with E-state index in [1.807, 2.05) is 0 Å². The van der Waals surface area contributed by atoms with Crippen LogP contribution in [0.1, 0.15) is 16.7 Å². The van der Waals surface area contributed by atoms with E-state index in [9.17, 15) is 21.6 Å². The highest BCUT2D eigenvalue weighted by molar-refractivity contribution is 7.90. The number of ether oxygens (including phenoxy) is 1. The van der Waals surface area contributed by atoms with Crippen LogP contribution >= 0.6 is 0 Å². The van der Waals surface area contributed by atoms with E-state index in [-0.39, 0.29) is 23.5 Å². The molecule has 8 heteroatoms. The van der Waals surface area contributed by atoms with Crippen molar-refractivity contribution in [2.45, 2.75) is 24.4 Å². The van der Waals surface area contributed by atoms with Crippen molar-refractivity contribution in [3.8, 4) is 16.8 Å². The van der Waals surface area contributed by atoms with Gasteiger partial charge in [0.05, 0.1) is 22.8 Å². The summed E-state index contributed by atoms with van der Waals surface area (Å²) in [4.78, 5) is 0.0525. The first-order valence-electron chi connectivity index (χ1n) is 9.20. The van der Waals surface area contributed by atoms with Gasteiger partial charge in [0.25, 0.3) is 0 Å². The van der Waals surface area contributed by atoms with Crippen LogP contribution in [0, 0.1) is 6.92 Å². The molecular weight excluding hydrogens is 415 g/mol. The summed E-state index contributed by atoms with van der Waals surface area (Å²) in [7, 11) is -2.11. The van der Waals surface area contributed by atoms with Crippen molar-refractivity contribution in [1.82, 2.24) is 4.57 Å². The molecule has 160 valence electrons. The molecule has 2 aromatic carbocycles. The van der Waals surface area contributed by atoms with Gasteiger partial charge in [-0.3, -0.25) is 0 Å². The third kappa shape index (κ3) is 4.44. The fourth-order valence-corrected chi connectivity index (χ4v) is 4.12. The van der Waals surface area contributed by atoms with Gasteiger partial charge in [-0.15, -0.1) is 0 Å². The number of benzene rings is 2. The average Bonchev–Trinajstić information content (AvgIpc) is 3.19. The van der Waals surface area contributed by atoms with E-state index in [1.165, 1.54) is 25.3 Å². The largest absolute Gasteiger partial charge is 0.416 e. The quantitative estimate of drug-likeness (QED) is 0.541. The molecule has 1 aromatic heterocycles. The lowest BCUT2D eigenvalue weighted by Gasteiger charge is -2.22. The van der Waals surface area contributed by atoms with Gasteiger partial charge in [0.2, 0.25) is 0 Å². The highest BCUT2D eigenvalue weighted by atomic mass is 32.2. The minimum atomic E-state index is -4.56. The number of aryl methyl sites for hydroxylation is 1. The van der Waals surface area contributed by atoms with Crippen molar-refractivity contribution in [2.75, 3.05) is 20.0 Å². The number of nitrogens with zero attached hydrogens (tertiary/aromatic N) is 1. The summed E-state index contributed by atoms with van der Waals surface area (Å²) in [6, 6.07) is 10.6. The molecule has 0 aliphatic rings. The highest BCUT2D eigenvalue weighted by Crippen LogP contribution is 2.41. The Balaban J connectivity index is 2.44. The Morgan fingerprint density at radius 1 is 1.07 bits per heavy atom. The van der Waals surface area contributed by atoms with Gasteiger partial charge in [-0.2, -0.15) is 13.2 Å².